The first-order chi connectivity index (χ1) is 10.0. The molecule has 21 heavy (non-hydrogen) atoms. The van der Waals surface area contributed by atoms with Gasteiger partial charge in [-0.25, -0.2) is 4.98 Å². The summed E-state index contributed by atoms with van der Waals surface area (Å²) in [5.41, 5.74) is 1.48. The van der Waals surface area contributed by atoms with Crippen LogP contribution >= 0.6 is 0 Å². The van der Waals surface area contributed by atoms with Crippen LogP contribution in [0.15, 0.2) is 18.5 Å². The number of amides is 1. The van der Waals surface area contributed by atoms with E-state index in [1.807, 2.05) is 42.7 Å². The molecule has 2 aromatic rings. The summed E-state index contributed by atoms with van der Waals surface area (Å²) in [6.45, 7) is 5.29. The van der Waals surface area contributed by atoms with Crippen LogP contribution in [0.25, 0.3) is 0 Å². The first kappa shape index (κ1) is 15.3. The van der Waals surface area contributed by atoms with E-state index >= 15 is 0 Å². The third kappa shape index (κ3) is 3.51. The third-order valence-corrected chi connectivity index (χ3v) is 3.65. The van der Waals surface area contributed by atoms with Crippen molar-refractivity contribution in [3.8, 4) is 0 Å². The Morgan fingerprint density at radius 2 is 2.14 bits per heavy atom. The average Bonchev–Trinajstić information content (AvgIpc) is 3.01. The molecule has 6 nitrogen and oxygen atoms in total. The predicted molar refractivity (Wildman–Crippen MR) is 80.8 cm³/mol. The molecule has 2 aromatic heterocycles. The Morgan fingerprint density at radius 3 is 2.67 bits per heavy atom. The number of aromatic nitrogens is 4. The Bertz CT molecular complexity index is 594. The lowest BCUT2D eigenvalue weighted by molar-refractivity contribution is 0.0728. The zero-order valence-corrected chi connectivity index (χ0v) is 13.2. The summed E-state index contributed by atoms with van der Waals surface area (Å²) >= 11 is 0. The molecule has 0 radical (unpaired) electrons. The number of aryl methyl sites for hydroxylation is 3. The van der Waals surface area contributed by atoms with Gasteiger partial charge in [-0.05, 0) is 19.4 Å². The summed E-state index contributed by atoms with van der Waals surface area (Å²) in [6.07, 6.45) is 5.67. The lowest BCUT2D eigenvalue weighted by atomic mass is 10.2. The minimum atomic E-state index is -0.0323. The van der Waals surface area contributed by atoms with Gasteiger partial charge in [-0.2, -0.15) is 5.10 Å². The van der Waals surface area contributed by atoms with Gasteiger partial charge in [0.15, 0.2) is 5.69 Å². The maximum absolute atomic E-state index is 12.7. The first-order valence-corrected chi connectivity index (χ1v) is 7.29. The van der Waals surface area contributed by atoms with Crippen LogP contribution in [0.5, 0.6) is 0 Å². The molecule has 0 spiro atoms. The summed E-state index contributed by atoms with van der Waals surface area (Å²) < 4.78 is 3.67. The van der Waals surface area contributed by atoms with Gasteiger partial charge in [-0.1, -0.05) is 13.3 Å². The molecule has 0 fully saturated rings. The summed E-state index contributed by atoms with van der Waals surface area (Å²) in [5, 5.41) is 4.29. The second-order valence-electron chi connectivity index (χ2n) is 5.33. The van der Waals surface area contributed by atoms with Crippen molar-refractivity contribution in [1.29, 1.82) is 0 Å². The quantitative estimate of drug-likeness (QED) is 0.816. The Balaban J connectivity index is 2.18. The monoisotopic (exact) mass is 289 g/mol. The van der Waals surface area contributed by atoms with E-state index in [1.54, 1.807) is 10.9 Å². The van der Waals surface area contributed by atoms with Crippen LogP contribution in [0.3, 0.4) is 0 Å². The second-order valence-corrected chi connectivity index (χ2v) is 5.33. The van der Waals surface area contributed by atoms with Crippen LogP contribution in [0.1, 0.15) is 41.8 Å². The van der Waals surface area contributed by atoms with Crippen molar-refractivity contribution in [2.24, 2.45) is 14.1 Å². The molecular weight excluding hydrogens is 266 g/mol. The summed E-state index contributed by atoms with van der Waals surface area (Å²) in [7, 11) is 3.79. The second kappa shape index (κ2) is 6.56. The van der Waals surface area contributed by atoms with E-state index in [4.69, 9.17) is 0 Å². The summed E-state index contributed by atoms with van der Waals surface area (Å²) in [4.78, 5) is 18.8. The van der Waals surface area contributed by atoms with Gasteiger partial charge in [0.05, 0.1) is 6.54 Å². The van der Waals surface area contributed by atoms with Crippen molar-refractivity contribution < 1.29 is 4.79 Å². The molecule has 0 saturated carbocycles. The van der Waals surface area contributed by atoms with E-state index in [0.29, 0.717) is 12.2 Å². The molecule has 1 amide bonds. The smallest absolute Gasteiger partial charge is 0.274 e. The Labute approximate surface area is 125 Å². The van der Waals surface area contributed by atoms with Gasteiger partial charge in [-0.15, -0.1) is 0 Å². The lowest BCUT2D eigenvalue weighted by Gasteiger charge is -2.21. The van der Waals surface area contributed by atoms with Crippen molar-refractivity contribution in [2.45, 2.75) is 33.2 Å². The third-order valence-electron chi connectivity index (χ3n) is 3.65. The Morgan fingerprint density at radius 1 is 1.38 bits per heavy atom. The van der Waals surface area contributed by atoms with E-state index in [0.717, 1.165) is 30.9 Å². The number of hydrogen-bond donors (Lipinski definition) is 0. The van der Waals surface area contributed by atoms with Crippen molar-refractivity contribution in [3.63, 3.8) is 0 Å². The van der Waals surface area contributed by atoms with Crippen molar-refractivity contribution in [1.82, 2.24) is 24.2 Å². The lowest BCUT2D eigenvalue weighted by Crippen LogP contribution is -2.33. The van der Waals surface area contributed by atoms with E-state index in [-0.39, 0.29) is 5.91 Å². The van der Waals surface area contributed by atoms with E-state index in [2.05, 4.69) is 17.0 Å². The summed E-state index contributed by atoms with van der Waals surface area (Å²) in [5.74, 6) is 0.849. The van der Waals surface area contributed by atoms with Gasteiger partial charge in [0, 0.05) is 38.7 Å². The largest absolute Gasteiger partial charge is 0.337 e. The Hall–Kier alpha value is -2.11. The van der Waals surface area contributed by atoms with Crippen molar-refractivity contribution >= 4 is 5.91 Å². The molecule has 0 aliphatic heterocycles. The zero-order valence-electron chi connectivity index (χ0n) is 13.2. The topological polar surface area (TPSA) is 56.0 Å². The van der Waals surface area contributed by atoms with Crippen LogP contribution in [0, 0.1) is 6.92 Å². The number of carbonyl (C=O) groups is 1. The first-order valence-electron chi connectivity index (χ1n) is 7.29. The van der Waals surface area contributed by atoms with Crippen LogP contribution in [0.4, 0.5) is 0 Å². The molecule has 2 rings (SSSR count). The molecule has 0 saturated heterocycles. The fourth-order valence-corrected chi connectivity index (χ4v) is 2.15. The molecule has 0 bridgehead atoms. The number of unbranched alkanes of at least 4 members (excludes halogenated alkanes) is 1. The highest BCUT2D eigenvalue weighted by molar-refractivity contribution is 5.92. The minimum Gasteiger partial charge on any atom is -0.337 e. The highest BCUT2D eigenvalue weighted by Crippen LogP contribution is 2.10. The molecule has 2 heterocycles. The summed E-state index contributed by atoms with van der Waals surface area (Å²) in [6, 6.07) is 1.83. The SMILES string of the molecule is CCCCN(Cc1nccn1C)C(=O)c1cc(C)n(C)n1. The van der Waals surface area contributed by atoms with Gasteiger partial charge >= 0.3 is 0 Å². The molecule has 0 aliphatic rings. The fourth-order valence-electron chi connectivity index (χ4n) is 2.15. The van der Waals surface area contributed by atoms with Crippen LogP contribution in [-0.4, -0.2) is 36.7 Å². The van der Waals surface area contributed by atoms with Gasteiger partial charge in [0.1, 0.15) is 5.82 Å². The number of imidazole rings is 1. The number of rotatable bonds is 6. The normalized spacial score (nSPS) is 10.9. The number of hydrogen-bond acceptors (Lipinski definition) is 3. The van der Waals surface area contributed by atoms with Gasteiger partial charge in [0.25, 0.3) is 5.91 Å². The highest BCUT2D eigenvalue weighted by Gasteiger charge is 2.20. The molecule has 0 atom stereocenters. The minimum absolute atomic E-state index is 0.0323. The maximum Gasteiger partial charge on any atom is 0.274 e. The van der Waals surface area contributed by atoms with E-state index in [1.165, 1.54) is 0 Å². The molecule has 0 aromatic carbocycles. The molecule has 6 heteroatoms. The van der Waals surface area contributed by atoms with Gasteiger partial charge < -0.3 is 9.47 Å². The van der Waals surface area contributed by atoms with Gasteiger partial charge in [0.2, 0.25) is 0 Å². The molecular formula is C15H23N5O. The molecule has 114 valence electrons. The van der Waals surface area contributed by atoms with Crippen LogP contribution in [-0.2, 0) is 20.6 Å². The van der Waals surface area contributed by atoms with Crippen LogP contribution < -0.4 is 0 Å². The zero-order chi connectivity index (χ0) is 15.4. The van der Waals surface area contributed by atoms with Gasteiger partial charge in [-0.3, -0.25) is 9.48 Å². The maximum atomic E-state index is 12.7. The van der Waals surface area contributed by atoms with Crippen LogP contribution in [0.2, 0.25) is 0 Å². The fraction of sp³-hybridized carbons (Fsp3) is 0.533. The van der Waals surface area contributed by atoms with Crippen molar-refractivity contribution in [2.75, 3.05) is 6.54 Å². The van der Waals surface area contributed by atoms with E-state index in [9.17, 15) is 4.79 Å². The standard InChI is InChI=1S/C15H23N5O/c1-5-6-8-20(11-14-16-7-9-18(14)3)15(21)13-10-12(2)19(4)17-13/h7,9-10H,5-6,8,11H2,1-4H3. The molecule has 0 unspecified atom stereocenters. The number of carbonyl (C=O) groups excluding carboxylic acids is 1. The van der Waals surface area contributed by atoms with E-state index < -0.39 is 0 Å². The Kier molecular flexibility index (Phi) is 4.77. The average molecular weight is 289 g/mol. The predicted octanol–water partition coefficient (Wildman–Crippen LogP) is 1.90. The highest BCUT2D eigenvalue weighted by atomic mass is 16.2. The number of nitrogens with zero attached hydrogens (tertiary/aromatic N) is 5. The molecule has 0 N–H and O–H groups in total. The molecule has 0 aliphatic carbocycles. The van der Waals surface area contributed by atoms with Crippen molar-refractivity contribution in [3.05, 3.63) is 35.7 Å².